The highest BCUT2D eigenvalue weighted by atomic mass is 16.5. The molecule has 1 aromatic heterocycles. The summed E-state index contributed by atoms with van der Waals surface area (Å²) < 4.78 is 12.4. The Bertz CT molecular complexity index is 667. The summed E-state index contributed by atoms with van der Waals surface area (Å²) in [6.07, 6.45) is 4.41. The third kappa shape index (κ3) is 4.07. The van der Waals surface area contributed by atoms with E-state index in [1.807, 2.05) is 31.4 Å². The summed E-state index contributed by atoms with van der Waals surface area (Å²) in [5.74, 6) is 1.41. The van der Waals surface area contributed by atoms with Gasteiger partial charge in [0, 0.05) is 31.4 Å². The molecule has 0 aliphatic rings. The first kappa shape index (κ1) is 18.3. The fourth-order valence-corrected chi connectivity index (χ4v) is 2.69. The zero-order valence-electron chi connectivity index (χ0n) is 15.0. The first-order valence-electron chi connectivity index (χ1n) is 8.08. The number of methoxy groups -OCH3 is 2. The molecule has 0 aliphatic carbocycles. The van der Waals surface area contributed by atoms with Gasteiger partial charge in [0.05, 0.1) is 20.4 Å². The third-order valence-corrected chi connectivity index (χ3v) is 4.24. The van der Waals surface area contributed by atoms with E-state index in [-0.39, 0.29) is 6.04 Å². The highest BCUT2D eigenvalue weighted by molar-refractivity contribution is 5.43. The summed E-state index contributed by atoms with van der Waals surface area (Å²) in [6.45, 7) is 4.32. The molecule has 24 heavy (non-hydrogen) atoms. The zero-order chi connectivity index (χ0) is 17.7. The summed E-state index contributed by atoms with van der Waals surface area (Å²) >= 11 is 0. The number of hydrogen-bond donors (Lipinski definition) is 2. The molecule has 2 N–H and O–H groups in total. The standard InChI is InChI=1S/C18H27N3O3/c1-6-15(13-7-8-16(23-4)17(9-13)24-5)19-12-18(2,22)14-10-20-21(3)11-14/h7-11,15,19,22H,6,12H2,1-5H3. The van der Waals surface area contributed by atoms with Crippen LogP contribution in [0.4, 0.5) is 0 Å². The van der Waals surface area contributed by atoms with Crippen LogP contribution in [-0.2, 0) is 12.6 Å². The average Bonchev–Trinajstić information content (AvgIpc) is 3.02. The Morgan fingerprint density at radius 1 is 1.29 bits per heavy atom. The van der Waals surface area contributed by atoms with Gasteiger partial charge in [-0.3, -0.25) is 4.68 Å². The molecule has 0 fully saturated rings. The maximum atomic E-state index is 10.7. The topological polar surface area (TPSA) is 68.5 Å². The van der Waals surface area contributed by atoms with Crippen molar-refractivity contribution in [2.75, 3.05) is 20.8 Å². The zero-order valence-corrected chi connectivity index (χ0v) is 15.0. The van der Waals surface area contributed by atoms with Gasteiger partial charge in [-0.15, -0.1) is 0 Å². The number of ether oxygens (including phenoxy) is 2. The Morgan fingerprint density at radius 2 is 2.00 bits per heavy atom. The monoisotopic (exact) mass is 333 g/mol. The Hall–Kier alpha value is -2.05. The molecular formula is C18H27N3O3. The van der Waals surface area contributed by atoms with Gasteiger partial charge in [-0.1, -0.05) is 13.0 Å². The number of benzene rings is 1. The van der Waals surface area contributed by atoms with Crippen LogP contribution in [-0.4, -0.2) is 35.7 Å². The molecular weight excluding hydrogens is 306 g/mol. The van der Waals surface area contributed by atoms with Crippen molar-refractivity contribution in [3.05, 3.63) is 41.7 Å². The molecule has 0 saturated carbocycles. The lowest BCUT2D eigenvalue weighted by atomic mass is 9.97. The minimum atomic E-state index is -0.988. The van der Waals surface area contributed by atoms with Gasteiger partial charge in [-0.05, 0) is 31.0 Å². The Morgan fingerprint density at radius 3 is 2.54 bits per heavy atom. The smallest absolute Gasteiger partial charge is 0.161 e. The van der Waals surface area contributed by atoms with Gasteiger partial charge in [-0.25, -0.2) is 0 Å². The fraction of sp³-hybridized carbons (Fsp3) is 0.500. The van der Waals surface area contributed by atoms with Gasteiger partial charge in [0.25, 0.3) is 0 Å². The van der Waals surface area contributed by atoms with E-state index < -0.39 is 5.60 Å². The van der Waals surface area contributed by atoms with Crippen LogP contribution in [0.1, 0.15) is 37.4 Å². The molecule has 2 atom stereocenters. The molecule has 0 radical (unpaired) electrons. The van der Waals surface area contributed by atoms with E-state index in [1.54, 1.807) is 32.0 Å². The first-order chi connectivity index (χ1) is 11.4. The van der Waals surface area contributed by atoms with Crippen molar-refractivity contribution in [2.45, 2.75) is 31.9 Å². The van der Waals surface area contributed by atoms with Crippen molar-refractivity contribution in [3.8, 4) is 11.5 Å². The lowest BCUT2D eigenvalue weighted by Gasteiger charge is -2.26. The predicted octanol–water partition coefficient (Wildman–Crippen LogP) is 2.39. The molecule has 0 amide bonds. The molecule has 2 aromatic rings. The van der Waals surface area contributed by atoms with Crippen molar-refractivity contribution in [1.29, 1.82) is 0 Å². The van der Waals surface area contributed by atoms with Gasteiger partial charge in [0.2, 0.25) is 0 Å². The minimum absolute atomic E-state index is 0.105. The van der Waals surface area contributed by atoms with Gasteiger partial charge in [0.15, 0.2) is 11.5 Å². The van der Waals surface area contributed by atoms with Gasteiger partial charge < -0.3 is 19.9 Å². The normalized spacial score (nSPS) is 14.9. The highest BCUT2D eigenvalue weighted by Crippen LogP contribution is 2.31. The van der Waals surface area contributed by atoms with Gasteiger partial charge in [-0.2, -0.15) is 5.10 Å². The van der Waals surface area contributed by atoms with Crippen molar-refractivity contribution in [1.82, 2.24) is 15.1 Å². The maximum Gasteiger partial charge on any atom is 0.161 e. The second kappa shape index (κ2) is 7.68. The van der Waals surface area contributed by atoms with E-state index in [1.165, 1.54) is 0 Å². The summed E-state index contributed by atoms with van der Waals surface area (Å²) in [4.78, 5) is 0. The first-order valence-corrected chi connectivity index (χ1v) is 8.08. The quantitative estimate of drug-likeness (QED) is 0.776. The van der Waals surface area contributed by atoms with E-state index in [4.69, 9.17) is 9.47 Å². The summed E-state index contributed by atoms with van der Waals surface area (Å²) in [5, 5.41) is 18.3. The van der Waals surface area contributed by atoms with Gasteiger partial charge in [0.1, 0.15) is 5.60 Å². The molecule has 2 rings (SSSR count). The fourth-order valence-electron chi connectivity index (χ4n) is 2.69. The van der Waals surface area contributed by atoms with Gasteiger partial charge >= 0.3 is 0 Å². The van der Waals surface area contributed by atoms with Crippen LogP contribution in [0.25, 0.3) is 0 Å². The maximum absolute atomic E-state index is 10.7. The minimum Gasteiger partial charge on any atom is -0.493 e. The second-order valence-electron chi connectivity index (χ2n) is 6.13. The predicted molar refractivity (Wildman–Crippen MR) is 93.4 cm³/mol. The third-order valence-electron chi connectivity index (χ3n) is 4.24. The van der Waals surface area contributed by atoms with Crippen LogP contribution >= 0.6 is 0 Å². The number of rotatable bonds is 8. The largest absolute Gasteiger partial charge is 0.493 e. The highest BCUT2D eigenvalue weighted by Gasteiger charge is 2.26. The van der Waals surface area contributed by atoms with Crippen LogP contribution in [0.5, 0.6) is 11.5 Å². The van der Waals surface area contributed by atoms with E-state index >= 15 is 0 Å². The number of hydrogen-bond acceptors (Lipinski definition) is 5. The van der Waals surface area contributed by atoms with Crippen molar-refractivity contribution in [3.63, 3.8) is 0 Å². The molecule has 1 aromatic carbocycles. The van der Waals surface area contributed by atoms with Crippen LogP contribution in [0, 0.1) is 0 Å². The van der Waals surface area contributed by atoms with Crippen LogP contribution in [0.15, 0.2) is 30.6 Å². The number of aryl methyl sites for hydroxylation is 1. The lowest BCUT2D eigenvalue weighted by molar-refractivity contribution is 0.0535. The molecule has 0 spiro atoms. The van der Waals surface area contributed by atoms with Crippen molar-refractivity contribution < 1.29 is 14.6 Å². The lowest BCUT2D eigenvalue weighted by Crippen LogP contribution is -2.37. The van der Waals surface area contributed by atoms with E-state index in [2.05, 4.69) is 17.3 Å². The number of aliphatic hydroxyl groups is 1. The molecule has 6 nitrogen and oxygen atoms in total. The molecule has 1 heterocycles. The second-order valence-corrected chi connectivity index (χ2v) is 6.13. The molecule has 0 bridgehead atoms. The summed E-state index contributed by atoms with van der Waals surface area (Å²) in [6, 6.07) is 5.99. The van der Waals surface area contributed by atoms with E-state index in [0.717, 1.165) is 17.5 Å². The Labute approximate surface area is 143 Å². The Balaban J connectivity index is 2.12. The molecule has 0 aliphatic heterocycles. The average molecular weight is 333 g/mol. The summed E-state index contributed by atoms with van der Waals surface area (Å²) in [7, 11) is 5.09. The summed E-state index contributed by atoms with van der Waals surface area (Å²) in [5.41, 5.74) is 0.898. The Kier molecular flexibility index (Phi) is 5.85. The molecule has 0 saturated heterocycles. The van der Waals surface area contributed by atoms with Crippen molar-refractivity contribution >= 4 is 0 Å². The molecule has 2 unspecified atom stereocenters. The molecule has 132 valence electrons. The number of aromatic nitrogens is 2. The molecule has 6 heteroatoms. The van der Waals surface area contributed by atoms with Crippen LogP contribution in [0.3, 0.4) is 0 Å². The number of nitrogens with zero attached hydrogens (tertiary/aromatic N) is 2. The number of nitrogens with one attached hydrogen (secondary N) is 1. The van der Waals surface area contributed by atoms with Crippen LogP contribution < -0.4 is 14.8 Å². The SMILES string of the molecule is CCC(NCC(C)(O)c1cnn(C)c1)c1ccc(OC)c(OC)c1. The van der Waals surface area contributed by atoms with Crippen LogP contribution in [0.2, 0.25) is 0 Å². The van der Waals surface area contributed by atoms with Crippen molar-refractivity contribution in [2.24, 2.45) is 7.05 Å². The van der Waals surface area contributed by atoms with E-state index in [0.29, 0.717) is 18.0 Å². The van der Waals surface area contributed by atoms with E-state index in [9.17, 15) is 5.11 Å².